The van der Waals surface area contributed by atoms with Gasteiger partial charge in [-0.05, 0) is 5.92 Å². The molecule has 2 amide bonds. The fourth-order valence-electron chi connectivity index (χ4n) is 1.41. The predicted octanol–water partition coefficient (Wildman–Crippen LogP) is 0.636. The third kappa shape index (κ3) is 2.04. The molecule has 0 saturated carbocycles. The number of amides is 2. The van der Waals surface area contributed by atoms with Gasteiger partial charge in [0.1, 0.15) is 13.2 Å². The topological polar surface area (TPSA) is 55.8 Å². The summed E-state index contributed by atoms with van der Waals surface area (Å²) < 4.78 is 9.51. The number of nitrogens with zero attached hydrogens (tertiary/aromatic N) is 1. The summed E-state index contributed by atoms with van der Waals surface area (Å²) in [4.78, 5) is 23.9. The van der Waals surface area contributed by atoms with E-state index in [0.717, 1.165) is 4.90 Å². The zero-order chi connectivity index (χ0) is 10.7. The molecule has 0 aliphatic carbocycles. The first-order chi connectivity index (χ1) is 6.57. The average Bonchev–Trinajstić information content (AvgIpc) is 2.47. The highest BCUT2D eigenvalue weighted by Gasteiger charge is 2.39. The van der Waals surface area contributed by atoms with Gasteiger partial charge in [-0.25, -0.2) is 9.69 Å². The molecule has 0 radical (unpaired) electrons. The van der Waals surface area contributed by atoms with Crippen molar-refractivity contribution in [3.8, 4) is 0 Å². The van der Waals surface area contributed by atoms with E-state index in [1.54, 1.807) is 0 Å². The Kier molecular flexibility index (Phi) is 3.46. The summed E-state index contributed by atoms with van der Waals surface area (Å²) in [7, 11) is 1.42. The van der Waals surface area contributed by atoms with E-state index in [2.05, 4.69) is 0 Å². The lowest BCUT2D eigenvalue weighted by Gasteiger charge is -2.21. The maximum absolute atomic E-state index is 11.5. The van der Waals surface area contributed by atoms with Crippen LogP contribution in [0.5, 0.6) is 0 Å². The summed E-state index contributed by atoms with van der Waals surface area (Å²) in [5.41, 5.74) is 0. The van der Waals surface area contributed by atoms with E-state index in [-0.39, 0.29) is 31.1 Å². The second kappa shape index (κ2) is 4.41. The minimum Gasteiger partial charge on any atom is -0.447 e. The van der Waals surface area contributed by atoms with Gasteiger partial charge in [-0.15, -0.1) is 0 Å². The lowest BCUT2D eigenvalue weighted by atomic mass is 10.0. The highest BCUT2D eigenvalue weighted by Crippen LogP contribution is 2.19. The number of carbonyl (C=O) groups excluding carboxylic acids is 2. The van der Waals surface area contributed by atoms with Gasteiger partial charge in [0.05, 0.1) is 6.04 Å². The standard InChI is InChI=1S/C9H15NO4/c1-6(2)7-4-14-9(12)10(7)8(11)5-13-3/h6-7H,4-5H2,1-3H3/t7-/m1/s1. The lowest BCUT2D eigenvalue weighted by Crippen LogP contribution is -2.43. The zero-order valence-corrected chi connectivity index (χ0v) is 8.65. The molecule has 80 valence electrons. The van der Waals surface area contributed by atoms with Crippen LogP contribution in [0.15, 0.2) is 0 Å². The summed E-state index contributed by atoms with van der Waals surface area (Å²) >= 11 is 0. The molecule has 1 heterocycles. The first-order valence-electron chi connectivity index (χ1n) is 4.55. The van der Waals surface area contributed by atoms with E-state index in [1.807, 2.05) is 13.8 Å². The van der Waals surface area contributed by atoms with Gasteiger partial charge in [0.15, 0.2) is 0 Å². The van der Waals surface area contributed by atoms with Gasteiger partial charge in [0, 0.05) is 7.11 Å². The van der Waals surface area contributed by atoms with Gasteiger partial charge in [-0.1, -0.05) is 13.8 Å². The van der Waals surface area contributed by atoms with Crippen LogP contribution < -0.4 is 0 Å². The van der Waals surface area contributed by atoms with Gasteiger partial charge >= 0.3 is 6.09 Å². The molecule has 1 aliphatic rings. The number of rotatable bonds is 3. The van der Waals surface area contributed by atoms with Crippen molar-refractivity contribution in [3.05, 3.63) is 0 Å². The van der Waals surface area contributed by atoms with E-state index in [1.165, 1.54) is 7.11 Å². The number of carbonyl (C=O) groups is 2. The molecule has 0 spiro atoms. The average molecular weight is 201 g/mol. The van der Waals surface area contributed by atoms with Gasteiger partial charge in [-0.2, -0.15) is 0 Å². The number of methoxy groups -OCH3 is 1. The van der Waals surface area contributed by atoms with E-state index in [0.29, 0.717) is 0 Å². The Morgan fingerprint density at radius 1 is 1.71 bits per heavy atom. The van der Waals surface area contributed by atoms with E-state index in [9.17, 15) is 9.59 Å². The molecule has 5 nitrogen and oxygen atoms in total. The lowest BCUT2D eigenvalue weighted by molar-refractivity contribution is -0.133. The second-order valence-corrected chi connectivity index (χ2v) is 3.59. The summed E-state index contributed by atoms with van der Waals surface area (Å²) in [6, 6.07) is -0.162. The Morgan fingerprint density at radius 3 is 2.86 bits per heavy atom. The molecule has 0 aromatic carbocycles. The third-order valence-electron chi connectivity index (χ3n) is 2.21. The first-order valence-corrected chi connectivity index (χ1v) is 4.55. The fourth-order valence-corrected chi connectivity index (χ4v) is 1.41. The Balaban J connectivity index is 2.71. The van der Waals surface area contributed by atoms with Crippen LogP contribution in [-0.2, 0) is 14.3 Å². The summed E-state index contributed by atoms with van der Waals surface area (Å²) in [5, 5.41) is 0. The first kappa shape index (κ1) is 11.0. The molecular weight excluding hydrogens is 186 g/mol. The van der Waals surface area contributed by atoms with Crippen LogP contribution in [0.2, 0.25) is 0 Å². The Hall–Kier alpha value is -1.10. The van der Waals surface area contributed by atoms with Crippen molar-refractivity contribution in [1.29, 1.82) is 0 Å². The smallest absolute Gasteiger partial charge is 0.417 e. The van der Waals surface area contributed by atoms with Crippen LogP contribution in [0.3, 0.4) is 0 Å². The number of ether oxygens (including phenoxy) is 2. The van der Waals surface area contributed by atoms with Gasteiger partial charge in [0.25, 0.3) is 5.91 Å². The number of hydrogen-bond donors (Lipinski definition) is 0. The third-order valence-corrected chi connectivity index (χ3v) is 2.21. The van der Waals surface area contributed by atoms with Gasteiger partial charge < -0.3 is 9.47 Å². The molecular formula is C9H15NO4. The maximum atomic E-state index is 11.5. The summed E-state index contributed by atoms with van der Waals surface area (Å²) in [6.45, 7) is 4.09. The number of cyclic esters (lactones) is 1. The monoisotopic (exact) mass is 201 g/mol. The van der Waals surface area contributed by atoms with Crippen LogP contribution in [0.25, 0.3) is 0 Å². The molecule has 1 atom stereocenters. The van der Waals surface area contributed by atoms with Crippen molar-refractivity contribution in [1.82, 2.24) is 4.90 Å². The van der Waals surface area contributed by atoms with Crippen molar-refractivity contribution in [3.63, 3.8) is 0 Å². The number of imide groups is 1. The molecule has 5 heteroatoms. The summed E-state index contributed by atoms with van der Waals surface area (Å²) in [5.74, 6) is -0.143. The predicted molar refractivity (Wildman–Crippen MR) is 48.7 cm³/mol. The molecule has 1 rings (SSSR count). The molecule has 14 heavy (non-hydrogen) atoms. The van der Waals surface area contributed by atoms with Crippen molar-refractivity contribution >= 4 is 12.0 Å². The van der Waals surface area contributed by atoms with Crippen LogP contribution in [-0.4, -0.2) is 43.3 Å². The van der Waals surface area contributed by atoms with Crippen LogP contribution in [0.1, 0.15) is 13.8 Å². The Morgan fingerprint density at radius 2 is 2.36 bits per heavy atom. The van der Waals surface area contributed by atoms with E-state index < -0.39 is 6.09 Å². The van der Waals surface area contributed by atoms with Gasteiger partial charge in [0.2, 0.25) is 0 Å². The highest BCUT2D eigenvalue weighted by atomic mass is 16.6. The Labute approximate surface area is 83.0 Å². The largest absolute Gasteiger partial charge is 0.447 e. The molecule has 0 N–H and O–H groups in total. The maximum Gasteiger partial charge on any atom is 0.417 e. The highest BCUT2D eigenvalue weighted by molar-refractivity contribution is 5.94. The van der Waals surface area contributed by atoms with Crippen molar-refractivity contribution in [2.24, 2.45) is 5.92 Å². The quantitative estimate of drug-likeness (QED) is 0.672. The molecule has 1 aliphatic heterocycles. The Bertz CT molecular complexity index is 239. The van der Waals surface area contributed by atoms with E-state index in [4.69, 9.17) is 9.47 Å². The van der Waals surface area contributed by atoms with Gasteiger partial charge in [-0.3, -0.25) is 4.79 Å². The second-order valence-electron chi connectivity index (χ2n) is 3.59. The van der Waals surface area contributed by atoms with Crippen molar-refractivity contribution in [2.45, 2.75) is 19.9 Å². The molecule has 0 unspecified atom stereocenters. The van der Waals surface area contributed by atoms with Crippen LogP contribution in [0.4, 0.5) is 4.79 Å². The number of hydrogen-bond acceptors (Lipinski definition) is 4. The minimum absolute atomic E-state index is 0.0850. The normalized spacial score (nSPS) is 21.6. The fraction of sp³-hybridized carbons (Fsp3) is 0.778. The van der Waals surface area contributed by atoms with E-state index >= 15 is 0 Å². The summed E-state index contributed by atoms with van der Waals surface area (Å²) in [6.07, 6.45) is -0.564. The van der Waals surface area contributed by atoms with Crippen molar-refractivity contribution in [2.75, 3.05) is 20.3 Å². The molecule has 0 bridgehead atoms. The van der Waals surface area contributed by atoms with Crippen LogP contribution in [0, 0.1) is 5.92 Å². The molecule has 0 aromatic heterocycles. The molecule has 1 fully saturated rings. The zero-order valence-electron chi connectivity index (χ0n) is 8.65. The van der Waals surface area contributed by atoms with Crippen molar-refractivity contribution < 1.29 is 19.1 Å². The minimum atomic E-state index is -0.564. The molecule has 1 saturated heterocycles. The van der Waals surface area contributed by atoms with Crippen LogP contribution >= 0.6 is 0 Å². The molecule has 0 aromatic rings. The SMILES string of the molecule is COCC(=O)N1C(=O)OC[C@@H]1C(C)C.